The Morgan fingerprint density at radius 2 is 1.94 bits per heavy atom. The van der Waals surface area contributed by atoms with E-state index < -0.39 is 11.6 Å². The van der Waals surface area contributed by atoms with Crippen molar-refractivity contribution in [3.8, 4) is 11.3 Å². The van der Waals surface area contributed by atoms with E-state index in [1.165, 1.54) is 12.4 Å². The number of furan rings is 1. The third kappa shape index (κ3) is 4.57. The fourth-order valence-electron chi connectivity index (χ4n) is 4.42. The van der Waals surface area contributed by atoms with Crippen LogP contribution in [0.5, 0.6) is 0 Å². The number of nitrogens with zero attached hydrogens (tertiary/aromatic N) is 4. The number of anilines is 1. The third-order valence-electron chi connectivity index (χ3n) is 6.16. The molecule has 0 aliphatic carbocycles. The minimum absolute atomic E-state index is 0.222. The van der Waals surface area contributed by atoms with Crippen molar-refractivity contribution in [2.45, 2.75) is 13.3 Å². The van der Waals surface area contributed by atoms with E-state index >= 15 is 4.39 Å². The fourth-order valence-corrected chi connectivity index (χ4v) is 4.42. The number of hydrogen-bond acceptors (Lipinski definition) is 6. The Kier molecular flexibility index (Phi) is 6.37. The minimum Gasteiger partial charge on any atom is -0.464 e. The fraction of sp³-hybridized carbons (Fsp3) is 0.222. The van der Waals surface area contributed by atoms with Crippen LogP contribution in [0.2, 0.25) is 0 Å². The maximum atomic E-state index is 15.0. The number of ether oxygens (including phenoxy) is 1. The average molecular weight is 475 g/mol. The van der Waals surface area contributed by atoms with Crippen molar-refractivity contribution >= 4 is 35.1 Å². The van der Waals surface area contributed by atoms with Gasteiger partial charge in [-0.1, -0.05) is 0 Å². The van der Waals surface area contributed by atoms with Gasteiger partial charge >= 0.3 is 0 Å². The van der Waals surface area contributed by atoms with Gasteiger partial charge in [0, 0.05) is 47.2 Å². The lowest BCUT2D eigenvalue weighted by atomic mass is 9.99. The topological polar surface area (TPSA) is 63.8 Å². The van der Waals surface area contributed by atoms with Crippen molar-refractivity contribution in [2.75, 3.05) is 31.2 Å². The van der Waals surface area contributed by atoms with Gasteiger partial charge in [0.05, 0.1) is 30.7 Å². The summed E-state index contributed by atoms with van der Waals surface area (Å²) in [6, 6.07) is 10.0. The van der Waals surface area contributed by atoms with Crippen LogP contribution < -0.4 is 15.5 Å². The molecule has 1 aliphatic heterocycles. The second-order valence-corrected chi connectivity index (χ2v) is 8.42. The predicted molar refractivity (Wildman–Crippen MR) is 133 cm³/mol. The lowest BCUT2D eigenvalue weighted by molar-refractivity contribution is 0.122. The van der Waals surface area contributed by atoms with Crippen molar-refractivity contribution in [2.24, 2.45) is 4.99 Å². The van der Waals surface area contributed by atoms with Crippen LogP contribution in [-0.2, 0) is 11.2 Å². The van der Waals surface area contributed by atoms with Gasteiger partial charge in [0.1, 0.15) is 23.4 Å². The van der Waals surface area contributed by atoms with E-state index in [0.29, 0.717) is 40.8 Å². The number of aliphatic imine (C=N–C) groups is 1. The second kappa shape index (κ2) is 9.76. The highest BCUT2D eigenvalue weighted by Gasteiger charge is 2.18. The molecule has 0 radical (unpaired) electrons. The van der Waals surface area contributed by atoms with Crippen LogP contribution >= 0.6 is 0 Å². The molecule has 0 N–H and O–H groups in total. The molecule has 8 heteroatoms. The van der Waals surface area contributed by atoms with E-state index in [-0.39, 0.29) is 12.0 Å². The molecule has 3 heterocycles. The van der Waals surface area contributed by atoms with Crippen LogP contribution in [0, 0.1) is 11.6 Å². The molecular weight excluding hydrogens is 450 g/mol. The zero-order valence-electron chi connectivity index (χ0n) is 19.3. The van der Waals surface area contributed by atoms with Gasteiger partial charge in [-0.3, -0.25) is 4.99 Å². The van der Waals surface area contributed by atoms with E-state index in [2.05, 4.69) is 26.6 Å². The zero-order valence-corrected chi connectivity index (χ0v) is 19.3. The van der Waals surface area contributed by atoms with Crippen LogP contribution in [0.4, 0.5) is 14.5 Å². The molecule has 5 rings (SSSR count). The van der Waals surface area contributed by atoms with Crippen molar-refractivity contribution < 1.29 is 17.9 Å². The quantitative estimate of drug-likeness (QED) is 0.411. The van der Waals surface area contributed by atoms with Crippen molar-refractivity contribution in [3.63, 3.8) is 0 Å². The number of fused-ring (bicyclic) bond motifs is 1. The van der Waals surface area contributed by atoms with E-state index in [4.69, 9.17) is 9.15 Å². The summed E-state index contributed by atoms with van der Waals surface area (Å²) in [6.07, 6.45) is 4.76. The van der Waals surface area contributed by atoms with Crippen LogP contribution in [0.3, 0.4) is 0 Å². The third-order valence-corrected chi connectivity index (χ3v) is 6.16. The number of benzene rings is 2. The lowest BCUT2D eigenvalue weighted by Crippen LogP contribution is -2.36. The monoisotopic (exact) mass is 474 g/mol. The summed E-state index contributed by atoms with van der Waals surface area (Å²) in [5, 5.41) is 1.44. The second-order valence-electron chi connectivity index (χ2n) is 8.42. The van der Waals surface area contributed by atoms with Gasteiger partial charge in [0.2, 0.25) is 0 Å². The highest BCUT2D eigenvalue weighted by atomic mass is 19.1. The molecule has 0 atom stereocenters. The van der Waals surface area contributed by atoms with Crippen molar-refractivity contribution in [1.29, 1.82) is 0 Å². The first-order valence-corrected chi connectivity index (χ1v) is 11.3. The Morgan fingerprint density at radius 1 is 1.11 bits per heavy atom. The standard InChI is InChI=1S/C27H24F2N4O2/c1-17(27-18(15-30-2)5-8-35-27)11-19-12-22(24(29)14-23(19)28)26-21-4-3-20(13-25(21)31-16-32-26)33-6-9-34-10-7-33/h3-5,8,12-16H,2,6-7,9-11H2,1H3/b18-15-,27-17-. The van der Waals surface area contributed by atoms with Gasteiger partial charge in [-0.05, 0) is 61.5 Å². The number of aromatic nitrogens is 2. The van der Waals surface area contributed by atoms with Gasteiger partial charge in [-0.15, -0.1) is 0 Å². The molecule has 1 fully saturated rings. The largest absolute Gasteiger partial charge is 0.464 e. The molecule has 0 saturated carbocycles. The Balaban J connectivity index is 1.57. The molecule has 35 heavy (non-hydrogen) atoms. The van der Waals surface area contributed by atoms with E-state index in [9.17, 15) is 4.39 Å². The van der Waals surface area contributed by atoms with Gasteiger partial charge in [0.25, 0.3) is 0 Å². The minimum atomic E-state index is -0.677. The summed E-state index contributed by atoms with van der Waals surface area (Å²) < 4.78 is 40.8. The Bertz CT molecular complexity index is 1520. The molecule has 0 spiro atoms. The SMILES string of the molecule is C=N/C=c1/cco/c1=C(/C)Cc1cc(-c2ncnc3cc(N4CCOCC4)ccc23)c(F)cc1F. The van der Waals surface area contributed by atoms with Gasteiger partial charge in [-0.25, -0.2) is 18.7 Å². The molecule has 0 amide bonds. The molecule has 4 aromatic rings. The maximum absolute atomic E-state index is 15.0. The molecule has 1 saturated heterocycles. The average Bonchev–Trinajstić information content (AvgIpc) is 3.34. The number of halogens is 2. The maximum Gasteiger partial charge on any atom is 0.135 e. The van der Waals surface area contributed by atoms with Gasteiger partial charge in [-0.2, -0.15) is 0 Å². The van der Waals surface area contributed by atoms with Crippen LogP contribution in [0.25, 0.3) is 33.9 Å². The predicted octanol–water partition coefficient (Wildman–Crippen LogP) is 3.86. The lowest BCUT2D eigenvalue weighted by Gasteiger charge is -2.29. The normalized spacial score (nSPS) is 15.5. The number of hydrogen-bond donors (Lipinski definition) is 0. The Morgan fingerprint density at radius 3 is 2.74 bits per heavy atom. The van der Waals surface area contributed by atoms with E-state index in [1.54, 1.807) is 18.5 Å². The summed E-state index contributed by atoms with van der Waals surface area (Å²) in [6.45, 7) is 8.26. The molecule has 0 unspecified atom stereocenters. The zero-order chi connectivity index (χ0) is 24.4. The summed E-state index contributed by atoms with van der Waals surface area (Å²) >= 11 is 0. The van der Waals surface area contributed by atoms with Crippen LogP contribution in [0.15, 0.2) is 58.4 Å². The van der Waals surface area contributed by atoms with Crippen molar-refractivity contribution in [1.82, 2.24) is 9.97 Å². The summed E-state index contributed by atoms with van der Waals surface area (Å²) in [7, 11) is 0. The van der Waals surface area contributed by atoms with Gasteiger partial charge in [0.15, 0.2) is 0 Å². The van der Waals surface area contributed by atoms with Crippen molar-refractivity contribution in [3.05, 3.63) is 76.8 Å². The highest BCUT2D eigenvalue weighted by molar-refractivity contribution is 5.94. The number of morpholine rings is 1. The summed E-state index contributed by atoms with van der Waals surface area (Å²) in [5.74, 6) is -1.30. The van der Waals surface area contributed by atoms with E-state index in [0.717, 1.165) is 35.6 Å². The first-order valence-electron chi connectivity index (χ1n) is 11.3. The molecule has 1 aliphatic rings. The summed E-state index contributed by atoms with van der Waals surface area (Å²) in [5.41, 5.74) is 4.07. The Labute approximate surface area is 200 Å². The first-order chi connectivity index (χ1) is 17.0. The van der Waals surface area contributed by atoms with E-state index in [1.807, 2.05) is 25.1 Å². The number of rotatable bonds is 5. The van der Waals surface area contributed by atoms with Gasteiger partial charge < -0.3 is 14.1 Å². The Hall–Kier alpha value is -3.91. The molecular formula is C27H24F2N4O2. The molecule has 0 bridgehead atoms. The van der Waals surface area contributed by atoms with Crippen LogP contribution in [0.1, 0.15) is 12.5 Å². The molecule has 178 valence electrons. The highest BCUT2D eigenvalue weighted by Crippen LogP contribution is 2.32. The molecule has 6 nitrogen and oxygen atoms in total. The smallest absolute Gasteiger partial charge is 0.135 e. The molecule has 2 aromatic carbocycles. The first kappa shape index (κ1) is 22.9. The summed E-state index contributed by atoms with van der Waals surface area (Å²) in [4.78, 5) is 14.8. The van der Waals surface area contributed by atoms with Crippen LogP contribution in [-0.4, -0.2) is 43.0 Å². The molecule has 2 aromatic heterocycles.